The molecule has 6 nitrogen and oxygen atoms in total. The van der Waals surface area contributed by atoms with Gasteiger partial charge in [0.15, 0.2) is 5.13 Å². The topological polar surface area (TPSA) is 80.3 Å². The number of thiazole rings is 1. The Hall–Kier alpha value is -1.47. The summed E-state index contributed by atoms with van der Waals surface area (Å²) in [5.74, 6) is 0.587. The monoisotopic (exact) mass is 307 g/mol. The third-order valence-electron chi connectivity index (χ3n) is 4.69. The maximum absolute atomic E-state index is 11.8. The molecular formula is C14H17N3O3S. The van der Waals surface area contributed by atoms with Crippen molar-refractivity contribution in [3.05, 3.63) is 11.1 Å². The van der Waals surface area contributed by atoms with Crippen LogP contribution in [0.3, 0.4) is 0 Å². The number of amides is 2. The van der Waals surface area contributed by atoms with Crippen molar-refractivity contribution >= 4 is 28.3 Å². The zero-order chi connectivity index (χ0) is 14.6. The number of fused-ring (bicyclic) bond motifs is 5. The van der Waals surface area contributed by atoms with Crippen LogP contribution < -0.4 is 10.6 Å². The van der Waals surface area contributed by atoms with E-state index in [0.29, 0.717) is 35.7 Å². The number of aromatic nitrogens is 1. The fourth-order valence-electron chi connectivity index (χ4n) is 3.64. The fraction of sp³-hybridized carbons (Fsp3) is 0.643. The molecule has 0 spiro atoms. The van der Waals surface area contributed by atoms with Crippen LogP contribution in [0, 0.1) is 24.7 Å². The molecule has 1 aliphatic carbocycles. The molecule has 7 heteroatoms. The molecule has 2 N–H and O–H groups in total. The Labute approximate surface area is 126 Å². The maximum Gasteiger partial charge on any atom is 0.315 e. The molecule has 21 heavy (non-hydrogen) atoms. The van der Waals surface area contributed by atoms with E-state index in [9.17, 15) is 9.59 Å². The van der Waals surface area contributed by atoms with Crippen molar-refractivity contribution in [1.82, 2.24) is 10.3 Å². The van der Waals surface area contributed by atoms with E-state index in [1.165, 1.54) is 17.8 Å². The number of nitrogens with zero attached hydrogens (tertiary/aromatic N) is 1. The number of nitrogens with one attached hydrogen (secondary N) is 2. The molecule has 112 valence electrons. The highest BCUT2D eigenvalue weighted by molar-refractivity contribution is 7.14. The molecule has 5 atom stereocenters. The van der Waals surface area contributed by atoms with Gasteiger partial charge in [-0.1, -0.05) is 0 Å². The second kappa shape index (κ2) is 4.78. The number of carbonyl (C=O) groups excluding carboxylic acids is 2. The van der Waals surface area contributed by atoms with Gasteiger partial charge in [0, 0.05) is 17.8 Å². The van der Waals surface area contributed by atoms with Crippen LogP contribution in [0.15, 0.2) is 5.38 Å². The van der Waals surface area contributed by atoms with Crippen LogP contribution in [-0.2, 0) is 14.3 Å². The van der Waals surface area contributed by atoms with Gasteiger partial charge >= 0.3 is 11.8 Å². The lowest BCUT2D eigenvalue weighted by Crippen LogP contribution is -2.40. The highest BCUT2D eigenvalue weighted by atomic mass is 32.1. The third kappa shape index (κ3) is 2.34. The van der Waals surface area contributed by atoms with Crippen LogP contribution >= 0.6 is 11.3 Å². The molecule has 0 radical (unpaired) electrons. The highest BCUT2D eigenvalue weighted by Crippen LogP contribution is 2.60. The highest BCUT2D eigenvalue weighted by Gasteiger charge is 2.62. The van der Waals surface area contributed by atoms with E-state index in [0.717, 1.165) is 18.0 Å². The van der Waals surface area contributed by atoms with Crippen molar-refractivity contribution in [3.8, 4) is 0 Å². The van der Waals surface area contributed by atoms with Crippen LogP contribution in [0.4, 0.5) is 5.13 Å². The molecule has 3 fully saturated rings. The van der Waals surface area contributed by atoms with E-state index in [4.69, 9.17) is 4.74 Å². The predicted octanol–water partition coefficient (Wildman–Crippen LogP) is 0.930. The van der Waals surface area contributed by atoms with Crippen molar-refractivity contribution in [2.75, 3.05) is 11.9 Å². The molecule has 1 saturated carbocycles. The summed E-state index contributed by atoms with van der Waals surface area (Å²) in [7, 11) is 0. The zero-order valence-electron chi connectivity index (χ0n) is 11.7. The second-order valence-electron chi connectivity index (χ2n) is 6.16. The minimum absolute atomic E-state index is 0.296. The zero-order valence-corrected chi connectivity index (χ0v) is 12.5. The van der Waals surface area contributed by atoms with E-state index < -0.39 is 11.8 Å². The van der Waals surface area contributed by atoms with E-state index in [2.05, 4.69) is 15.6 Å². The largest absolute Gasteiger partial charge is 0.374 e. The van der Waals surface area contributed by atoms with Gasteiger partial charge in [0.1, 0.15) is 0 Å². The lowest BCUT2D eigenvalue weighted by atomic mass is 9.89. The lowest BCUT2D eigenvalue weighted by Gasteiger charge is -2.18. The molecule has 3 aliphatic rings. The summed E-state index contributed by atoms with van der Waals surface area (Å²) >= 11 is 1.31. The van der Waals surface area contributed by atoms with Crippen LogP contribution in [0.5, 0.6) is 0 Å². The van der Waals surface area contributed by atoms with Gasteiger partial charge in [0.25, 0.3) is 0 Å². The van der Waals surface area contributed by atoms with E-state index in [-0.39, 0.29) is 0 Å². The summed E-state index contributed by atoms with van der Waals surface area (Å²) in [6.07, 6.45) is 2.99. The molecule has 3 heterocycles. The summed E-state index contributed by atoms with van der Waals surface area (Å²) in [6, 6.07) is 0. The molecular weight excluding hydrogens is 290 g/mol. The minimum Gasteiger partial charge on any atom is -0.374 e. The van der Waals surface area contributed by atoms with E-state index >= 15 is 0 Å². The standard InChI is InChI=1S/C14H17N3O3S/c1-6-5-21-14(16-6)17-13(19)12(18)15-4-7-2-10-8-3-9(8)11(7)20-10/h5,7-11H,2-4H2,1H3,(H,15,18)(H,16,17,19)/t7-,8+,9-,10-,11+/m0/s1. The molecule has 4 rings (SSSR count). The van der Waals surface area contributed by atoms with Gasteiger partial charge in [-0.15, -0.1) is 11.3 Å². The van der Waals surface area contributed by atoms with Crippen LogP contribution in [-0.4, -0.2) is 35.6 Å². The first kappa shape index (κ1) is 13.2. The van der Waals surface area contributed by atoms with Gasteiger partial charge in [0.05, 0.1) is 17.9 Å². The number of ether oxygens (including phenoxy) is 1. The van der Waals surface area contributed by atoms with E-state index in [1.807, 2.05) is 12.3 Å². The van der Waals surface area contributed by atoms with Crippen LogP contribution in [0.2, 0.25) is 0 Å². The molecule has 1 aromatic heterocycles. The quantitative estimate of drug-likeness (QED) is 0.814. The van der Waals surface area contributed by atoms with E-state index in [1.54, 1.807) is 0 Å². The minimum atomic E-state index is -0.655. The van der Waals surface area contributed by atoms with Crippen molar-refractivity contribution in [2.24, 2.45) is 17.8 Å². The molecule has 0 unspecified atom stereocenters. The Morgan fingerprint density at radius 2 is 2.24 bits per heavy atom. The number of aryl methyl sites for hydroxylation is 1. The first-order chi connectivity index (χ1) is 10.1. The first-order valence-electron chi connectivity index (χ1n) is 7.28. The molecule has 1 aromatic rings. The molecule has 0 aromatic carbocycles. The Bertz CT molecular complexity index is 602. The average molecular weight is 307 g/mol. The number of anilines is 1. The van der Waals surface area contributed by atoms with Crippen LogP contribution in [0.25, 0.3) is 0 Å². The summed E-state index contributed by atoms with van der Waals surface area (Å²) in [4.78, 5) is 27.7. The van der Waals surface area contributed by atoms with Gasteiger partial charge in [-0.2, -0.15) is 0 Å². The number of hydrogen-bond acceptors (Lipinski definition) is 5. The van der Waals surface area contributed by atoms with Gasteiger partial charge in [0.2, 0.25) is 0 Å². The Morgan fingerprint density at radius 3 is 2.90 bits per heavy atom. The fourth-order valence-corrected chi connectivity index (χ4v) is 4.32. The van der Waals surface area contributed by atoms with Crippen molar-refractivity contribution in [2.45, 2.75) is 32.0 Å². The van der Waals surface area contributed by atoms with Gasteiger partial charge in [-0.05, 0) is 31.6 Å². The first-order valence-corrected chi connectivity index (χ1v) is 8.16. The van der Waals surface area contributed by atoms with Crippen molar-refractivity contribution < 1.29 is 14.3 Å². The summed E-state index contributed by atoms with van der Waals surface area (Å²) in [6.45, 7) is 2.36. The summed E-state index contributed by atoms with van der Waals surface area (Å²) < 4.78 is 5.88. The molecule has 2 aliphatic heterocycles. The number of rotatable bonds is 3. The Morgan fingerprint density at radius 1 is 1.38 bits per heavy atom. The Kier molecular flexibility index (Phi) is 3.00. The second-order valence-corrected chi connectivity index (χ2v) is 7.01. The maximum atomic E-state index is 11.8. The SMILES string of the molecule is Cc1csc(NC(=O)C(=O)NC[C@@H]2C[C@@H]3O[C@H]2[C@H]2C[C@H]23)n1. The normalized spacial score (nSPS) is 35.4. The van der Waals surface area contributed by atoms with Gasteiger partial charge < -0.3 is 10.1 Å². The van der Waals surface area contributed by atoms with Crippen molar-refractivity contribution in [3.63, 3.8) is 0 Å². The van der Waals surface area contributed by atoms with Crippen LogP contribution in [0.1, 0.15) is 18.5 Å². The lowest BCUT2D eigenvalue weighted by molar-refractivity contribution is -0.136. The number of carbonyl (C=O) groups is 2. The Balaban J connectivity index is 1.27. The van der Waals surface area contributed by atoms with Gasteiger partial charge in [-0.25, -0.2) is 4.98 Å². The number of hydrogen-bond donors (Lipinski definition) is 2. The smallest absolute Gasteiger partial charge is 0.315 e. The molecule has 2 bridgehead atoms. The predicted molar refractivity (Wildman–Crippen MR) is 76.9 cm³/mol. The average Bonchev–Trinajstić information content (AvgIpc) is 2.83. The van der Waals surface area contributed by atoms with Crippen molar-refractivity contribution in [1.29, 1.82) is 0 Å². The summed E-state index contributed by atoms with van der Waals surface area (Å²) in [5.41, 5.74) is 0.828. The summed E-state index contributed by atoms with van der Waals surface area (Å²) in [5, 5.41) is 7.52. The molecule has 2 amide bonds. The van der Waals surface area contributed by atoms with Gasteiger partial charge in [-0.3, -0.25) is 14.9 Å². The third-order valence-corrected chi connectivity index (χ3v) is 5.57. The molecule has 2 saturated heterocycles.